The Bertz CT molecular complexity index is 525. The number of hydrogen-bond acceptors (Lipinski definition) is 4. The van der Waals surface area contributed by atoms with E-state index < -0.39 is 12.0 Å². The van der Waals surface area contributed by atoms with Crippen molar-refractivity contribution in [3.05, 3.63) is 16.0 Å². The number of rotatable bonds is 4. The second-order valence-electron chi connectivity index (χ2n) is 5.09. The number of fused-ring (bicyclic) bond motifs is 1. The van der Waals surface area contributed by atoms with Gasteiger partial charge in [-0.05, 0) is 30.7 Å². The molecule has 1 heterocycles. The zero-order chi connectivity index (χ0) is 14.7. The van der Waals surface area contributed by atoms with E-state index in [0.717, 1.165) is 24.8 Å². The van der Waals surface area contributed by atoms with E-state index >= 15 is 0 Å². The van der Waals surface area contributed by atoms with E-state index in [1.165, 1.54) is 36.2 Å². The summed E-state index contributed by atoms with van der Waals surface area (Å²) in [5.74, 6) is 0.181. The lowest BCUT2D eigenvalue weighted by atomic mass is 9.84. The summed E-state index contributed by atoms with van der Waals surface area (Å²) in [6, 6.07) is 0. The van der Waals surface area contributed by atoms with Gasteiger partial charge >= 0.3 is 6.09 Å². The van der Waals surface area contributed by atoms with Crippen molar-refractivity contribution < 1.29 is 14.3 Å². The number of carbonyl (C=O) groups excluding carboxylic acids is 2. The summed E-state index contributed by atoms with van der Waals surface area (Å²) in [5, 5.41) is 3.12. The van der Waals surface area contributed by atoms with Crippen LogP contribution in [0.15, 0.2) is 0 Å². The quantitative estimate of drug-likeness (QED) is 0.896. The standard InChI is InChI=1S/C14H20N2O3S/c1-3-4-8-5-6-9-10(7-8)20-13(11(9)12(15)17)16-14(18)19-2/h8H,3-7H2,1-2H3,(H2,15,17)(H,16,18)/t8-/m1/s1. The zero-order valence-electron chi connectivity index (χ0n) is 11.8. The highest BCUT2D eigenvalue weighted by atomic mass is 32.1. The van der Waals surface area contributed by atoms with Gasteiger partial charge in [0, 0.05) is 4.88 Å². The number of nitrogens with one attached hydrogen (secondary N) is 1. The molecular weight excluding hydrogens is 276 g/mol. The van der Waals surface area contributed by atoms with Gasteiger partial charge in [0.1, 0.15) is 5.00 Å². The largest absolute Gasteiger partial charge is 0.453 e. The molecule has 2 amide bonds. The number of ether oxygens (including phenoxy) is 1. The van der Waals surface area contributed by atoms with Crippen LogP contribution in [0.25, 0.3) is 0 Å². The van der Waals surface area contributed by atoms with Crippen molar-refractivity contribution in [2.45, 2.75) is 39.0 Å². The van der Waals surface area contributed by atoms with Gasteiger partial charge in [-0.3, -0.25) is 10.1 Å². The Labute approximate surface area is 122 Å². The Morgan fingerprint density at radius 3 is 2.85 bits per heavy atom. The van der Waals surface area contributed by atoms with Gasteiger partial charge < -0.3 is 10.5 Å². The van der Waals surface area contributed by atoms with Crippen LogP contribution in [0.1, 0.15) is 47.0 Å². The molecule has 1 aromatic rings. The zero-order valence-corrected chi connectivity index (χ0v) is 12.6. The predicted molar refractivity (Wildman–Crippen MR) is 79.3 cm³/mol. The highest BCUT2D eigenvalue weighted by molar-refractivity contribution is 7.17. The molecule has 20 heavy (non-hydrogen) atoms. The first-order valence-corrected chi connectivity index (χ1v) is 7.67. The average Bonchev–Trinajstić information content (AvgIpc) is 2.76. The minimum Gasteiger partial charge on any atom is -0.453 e. The number of hydrogen-bond donors (Lipinski definition) is 2. The Kier molecular flexibility index (Phi) is 4.65. The van der Waals surface area contributed by atoms with Gasteiger partial charge in [-0.2, -0.15) is 0 Å². The number of thiophene rings is 1. The smallest absolute Gasteiger partial charge is 0.411 e. The summed E-state index contributed by atoms with van der Waals surface area (Å²) in [7, 11) is 1.30. The molecule has 1 aliphatic carbocycles. The first-order valence-electron chi connectivity index (χ1n) is 6.86. The molecule has 0 aliphatic heterocycles. The van der Waals surface area contributed by atoms with Crippen LogP contribution in [-0.4, -0.2) is 19.1 Å². The van der Waals surface area contributed by atoms with Gasteiger partial charge in [0.25, 0.3) is 5.91 Å². The second-order valence-corrected chi connectivity index (χ2v) is 6.19. The number of amides is 2. The van der Waals surface area contributed by atoms with E-state index in [4.69, 9.17) is 5.73 Å². The molecule has 1 atom stereocenters. The summed E-state index contributed by atoms with van der Waals surface area (Å²) < 4.78 is 4.59. The molecule has 2 rings (SSSR count). The SMILES string of the molecule is CCC[C@@H]1CCc2c(sc(NC(=O)OC)c2C(N)=O)C1. The minimum absolute atomic E-state index is 0.463. The predicted octanol–water partition coefficient (Wildman–Crippen LogP) is 2.93. The second kappa shape index (κ2) is 6.26. The molecule has 0 saturated carbocycles. The molecule has 3 N–H and O–H groups in total. The maximum atomic E-state index is 11.7. The van der Waals surface area contributed by atoms with Crippen LogP contribution < -0.4 is 11.1 Å². The third kappa shape index (κ3) is 2.95. The summed E-state index contributed by atoms with van der Waals surface area (Å²) in [6.45, 7) is 2.18. The van der Waals surface area contributed by atoms with Gasteiger partial charge in [-0.25, -0.2) is 4.79 Å². The van der Waals surface area contributed by atoms with E-state index in [0.29, 0.717) is 16.5 Å². The van der Waals surface area contributed by atoms with Gasteiger partial charge in [0.2, 0.25) is 0 Å². The van der Waals surface area contributed by atoms with Gasteiger partial charge in [0.15, 0.2) is 0 Å². The van der Waals surface area contributed by atoms with Gasteiger partial charge in [-0.1, -0.05) is 19.8 Å². The monoisotopic (exact) mass is 296 g/mol. The first kappa shape index (κ1) is 14.8. The highest BCUT2D eigenvalue weighted by Gasteiger charge is 2.28. The Morgan fingerprint density at radius 1 is 1.50 bits per heavy atom. The van der Waals surface area contributed by atoms with E-state index in [1.54, 1.807) is 0 Å². The molecule has 1 aromatic heterocycles. The van der Waals surface area contributed by atoms with E-state index in [1.807, 2.05) is 0 Å². The first-order chi connectivity index (χ1) is 9.56. The Balaban J connectivity index is 2.31. The Morgan fingerprint density at radius 2 is 2.25 bits per heavy atom. The normalized spacial score (nSPS) is 17.4. The summed E-state index contributed by atoms with van der Waals surface area (Å²) >= 11 is 1.45. The fourth-order valence-electron chi connectivity index (χ4n) is 2.80. The third-order valence-corrected chi connectivity index (χ3v) is 4.88. The van der Waals surface area contributed by atoms with Gasteiger partial charge in [-0.15, -0.1) is 11.3 Å². The van der Waals surface area contributed by atoms with Crippen molar-refractivity contribution in [2.24, 2.45) is 11.7 Å². The van der Waals surface area contributed by atoms with Crippen molar-refractivity contribution in [1.82, 2.24) is 0 Å². The van der Waals surface area contributed by atoms with Crippen molar-refractivity contribution in [1.29, 1.82) is 0 Å². The van der Waals surface area contributed by atoms with E-state index in [9.17, 15) is 9.59 Å². The third-order valence-electron chi connectivity index (χ3n) is 3.71. The lowest BCUT2D eigenvalue weighted by Crippen LogP contribution is -2.19. The van der Waals surface area contributed by atoms with Crippen LogP contribution >= 0.6 is 11.3 Å². The molecule has 0 saturated heterocycles. The number of anilines is 1. The lowest BCUT2D eigenvalue weighted by molar-refractivity contribution is 0.1000. The maximum Gasteiger partial charge on any atom is 0.411 e. The molecule has 0 radical (unpaired) electrons. The van der Waals surface area contributed by atoms with E-state index in [2.05, 4.69) is 17.0 Å². The van der Waals surface area contributed by atoms with Crippen molar-refractivity contribution in [3.63, 3.8) is 0 Å². The molecule has 0 aromatic carbocycles. The van der Waals surface area contributed by atoms with E-state index in [-0.39, 0.29) is 0 Å². The fourth-order valence-corrected chi connectivity index (χ4v) is 4.15. The number of primary amides is 1. The van der Waals surface area contributed by atoms with Crippen molar-refractivity contribution >= 4 is 28.3 Å². The molecule has 0 bridgehead atoms. The molecular formula is C14H20N2O3S. The number of nitrogens with two attached hydrogens (primary N) is 1. The summed E-state index contributed by atoms with van der Waals surface area (Å²) in [6.07, 6.45) is 4.70. The molecule has 5 nitrogen and oxygen atoms in total. The van der Waals surface area contributed by atoms with Crippen LogP contribution in [0.2, 0.25) is 0 Å². The van der Waals surface area contributed by atoms with Crippen LogP contribution in [0, 0.1) is 5.92 Å². The summed E-state index contributed by atoms with van der Waals surface area (Å²) in [5.41, 5.74) is 6.95. The van der Waals surface area contributed by atoms with Crippen LogP contribution in [-0.2, 0) is 17.6 Å². The van der Waals surface area contributed by atoms with Crippen LogP contribution in [0.5, 0.6) is 0 Å². The molecule has 0 spiro atoms. The van der Waals surface area contributed by atoms with Crippen molar-refractivity contribution in [2.75, 3.05) is 12.4 Å². The topological polar surface area (TPSA) is 81.4 Å². The van der Waals surface area contributed by atoms with Crippen molar-refractivity contribution in [3.8, 4) is 0 Å². The molecule has 0 unspecified atom stereocenters. The highest BCUT2D eigenvalue weighted by Crippen LogP contribution is 2.40. The van der Waals surface area contributed by atoms with Crippen LogP contribution in [0.4, 0.5) is 9.80 Å². The number of carbonyl (C=O) groups is 2. The molecule has 110 valence electrons. The molecule has 6 heteroatoms. The molecule has 1 aliphatic rings. The summed E-state index contributed by atoms with van der Waals surface area (Å²) in [4.78, 5) is 24.2. The average molecular weight is 296 g/mol. The molecule has 0 fully saturated rings. The lowest BCUT2D eigenvalue weighted by Gasteiger charge is -2.21. The fraction of sp³-hybridized carbons (Fsp3) is 0.571. The minimum atomic E-state index is -0.573. The van der Waals surface area contributed by atoms with Gasteiger partial charge in [0.05, 0.1) is 12.7 Å². The number of methoxy groups -OCH3 is 1. The maximum absolute atomic E-state index is 11.7. The van der Waals surface area contributed by atoms with Crippen LogP contribution in [0.3, 0.4) is 0 Å². The Hall–Kier alpha value is -1.56.